The van der Waals surface area contributed by atoms with E-state index < -0.39 is 0 Å². The van der Waals surface area contributed by atoms with Gasteiger partial charge >= 0.3 is 5.97 Å². The lowest BCUT2D eigenvalue weighted by atomic mass is 10.1. The Labute approximate surface area is 193 Å². The molecule has 0 radical (unpaired) electrons. The summed E-state index contributed by atoms with van der Waals surface area (Å²) in [5.74, 6) is -0.238. The minimum Gasteiger partial charge on any atom is -0.462 e. The summed E-state index contributed by atoms with van der Waals surface area (Å²) in [4.78, 5) is 16.9. The second kappa shape index (κ2) is 14.4. The third-order valence-electron chi connectivity index (χ3n) is 5.43. The Bertz CT molecular complexity index is 718. The third-order valence-corrected chi connectivity index (χ3v) is 5.43. The van der Waals surface area contributed by atoms with E-state index in [-0.39, 0.29) is 30.8 Å². The molecule has 2 aromatic rings. The van der Waals surface area contributed by atoms with Crippen molar-refractivity contribution in [2.24, 2.45) is 0 Å². The van der Waals surface area contributed by atoms with E-state index in [9.17, 15) is 4.79 Å². The molecular weight excluding hydrogens is 419 g/mol. The Kier molecular flexibility index (Phi) is 12.7. The van der Waals surface area contributed by atoms with Gasteiger partial charge in [-0.05, 0) is 56.0 Å². The van der Waals surface area contributed by atoms with Crippen LogP contribution in [0.25, 0.3) is 0 Å². The minimum atomic E-state index is -0.238. The number of esters is 1. The zero-order valence-electron chi connectivity index (χ0n) is 17.8. The lowest BCUT2D eigenvalue weighted by Gasteiger charge is -2.34. The molecule has 0 spiro atoms. The van der Waals surface area contributed by atoms with Gasteiger partial charge in [0.05, 0.1) is 12.2 Å². The predicted molar refractivity (Wildman–Crippen MR) is 128 cm³/mol. The van der Waals surface area contributed by atoms with Gasteiger partial charge < -0.3 is 14.5 Å². The number of hydrogen-bond donors (Lipinski definition) is 0. The summed E-state index contributed by atoms with van der Waals surface area (Å²) in [5.41, 5.74) is 3.35. The number of aryl methyl sites for hydroxylation is 1. The molecular formula is C24H34Cl2N2O2. The molecule has 30 heavy (non-hydrogen) atoms. The fraction of sp³-hybridized carbons (Fsp3) is 0.458. The van der Waals surface area contributed by atoms with Gasteiger partial charge in [-0.15, -0.1) is 24.8 Å². The summed E-state index contributed by atoms with van der Waals surface area (Å²) >= 11 is 0. The van der Waals surface area contributed by atoms with E-state index in [2.05, 4.69) is 40.1 Å². The number of nitrogens with zero attached hydrogens (tertiary/aromatic N) is 2. The molecule has 2 aromatic carbocycles. The molecule has 0 N–H and O–H groups in total. The number of benzene rings is 2. The Balaban J connectivity index is 0.00000225. The number of hydrogen-bond acceptors (Lipinski definition) is 4. The summed E-state index contributed by atoms with van der Waals surface area (Å²) in [6, 6.07) is 18.6. The molecule has 1 fully saturated rings. The number of carbonyl (C=O) groups excluding carboxylic acids is 1. The summed E-state index contributed by atoms with van der Waals surface area (Å²) in [6.45, 7) is 9.13. The Morgan fingerprint density at radius 2 is 1.37 bits per heavy atom. The highest BCUT2D eigenvalue weighted by molar-refractivity contribution is 5.89. The lowest BCUT2D eigenvalue weighted by Crippen LogP contribution is -2.47. The van der Waals surface area contributed by atoms with Crippen molar-refractivity contribution in [3.8, 4) is 0 Å². The first-order valence-corrected chi connectivity index (χ1v) is 10.5. The molecule has 0 amide bonds. The summed E-state index contributed by atoms with van der Waals surface area (Å²) in [6.07, 6.45) is 3.43. The van der Waals surface area contributed by atoms with E-state index in [1.54, 1.807) is 0 Å². The van der Waals surface area contributed by atoms with Crippen LogP contribution in [0, 0.1) is 0 Å². The largest absolute Gasteiger partial charge is 0.462 e. The first kappa shape index (κ1) is 26.4. The lowest BCUT2D eigenvalue weighted by molar-refractivity contribution is 0.0526. The number of rotatable bonds is 9. The second-order valence-corrected chi connectivity index (χ2v) is 7.44. The van der Waals surface area contributed by atoms with Crippen molar-refractivity contribution < 1.29 is 9.53 Å². The van der Waals surface area contributed by atoms with E-state index in [4.69, 9.17) is 4.74 Å². The topological polar surface area (TPSA) is 32.8 Å². The molecule has 0 unspecified atom stereocenters. The Morgan fingerprint density at radius 3 is 1.97 bits per heavy atom. The first-order chi connectivity index (χ1) is 13.7. The standard InChI is InChI=1S/C24H32N2O2.2ClH/c1-2-28-24(27)23-12-10-22(11-13-23)14-16-26-19-17-25(18-20-26)15-6-9-21-7-4-3-5-8-21;;/h3-5,7-8,10-13H,2,6,9,14-20H2,1H3;2*1H. The van der Waals surface area contributed by atoms with Crippen LogP contribution in [0.3, 0.4) is 0 Å². The average molecular weight is 453 g/mol. The average Bonchev–Trinajstić information content (AvgIpc) is 2.74. The summed E-state index contributed by atoms with van der Waals surface area (Å²) < 4.78 is 5.03. The number of ether oxygens (including phenoxy) is 1. The van der Waals surface area contributed by atoms with Gasteiger partial charge in [-0.3, -0.25) is 0 Å². The van der Waals surface area contributed by atoms with Crippen molar-refractivity contribution in [3.05, 3.63) is 71.3 Å². The second-order valence-electron chi connectivity index (χ2n) is 7.44. The molecule has 0 bridgehead atoms. The molecule has 6 heteroatoms. The van der Waals surface area contributed by atoms with Crippen LogP contribution in [0.5, 0.6) is 0 Å². The normalized spacial score (nSPS) is 14.4. The van der Waals surface area contributed by atoms with Crippen molar-refractivity contribution in [2.75, 3.05) is 45.9 Å². The molecule has 0 aromatic heterocycles. The van der Waals surface area contributed by atoms with Crippen molar-refractivity contribution >= 4 is 30.8 Å². The first-order valence-electron chi connectivity index (χ1n) is 10.5. The van der Waals surface area contributed by atoms with E-state index >= 15 is 0 Å². The third kappa shape index (κ3) is 8.65. The van der Waals surface area contributed by atoms with Gasteiger partial charge in [-0.2, -0.15) is 0 Å². The monoisotopic (exact) mass is 452 g/mol. The van der Waals surface area contributed by atoms with Gasteiger partial charge in [-0.1, -0.05) is 42.5 Å². The van der Waals surface area contributed by atoms with Gasteiger partial charge in [0, 0.05) is 32.7 Å². The van der Waals surface area contributed by atoms with Gasteiger partial charge in [0.15, 0.2) is 0 Å². The Hall–Kier alpha value is -1.59. The van der Waals surface area contributed by atoms with Crippen LogP contribution in [0.4, 0.5) is 0 Å². The predicted octanol–water partition coefficient (Wildman–Crippen LogP) is 4.50. The maximum absolute atomic E-state index is 11.7. The maximum atomic E-state index is 11.7. The van der Waals surface area contributed by atoms with Crippen LogP contribution in [-0.4, -0.2) is 61.6 Å². The molecule has 1 heterocycles. The van der Waals surface area contributed by atoms with Crippen molar-refractivity contribution in [1.82, 2.24) is 9.80 Å². The van der Waals surface area contributed by atoms with Gasteiger partial charge in [-0.25, -0.2) is 4.79 Å². The molecule has 3 rings (SSSR count). The molecule has 0 aliphatic carbocycles. The minimum absolute atomic E-state index is 0. The highest BCUT2D eigenvalue weighted by Gasteiger charge is 2.16. The van der Waals surface area contributed by atoms with Crippen LogP contribution in [0.15, 0.2) is 54.6 Å². The molecule has 166 valence electrons. The maximum Gasteiger partial charge on any atom is 0.338 e. The molecule has 1 aliphatic rings. The summed E-state index contributed by atoms with van der Waals surface area (Å²) in [5, 5.41) is 0. The van der Waals surface area contributed by atoms with Gasteiger partial charge in [0.1, 0.15) is 0 Å². The van der Waals surface area contributed by atoms with E-state index in [1.165, 1.54) is 30.5 Å². The zero-order valence-corrected chi connectivity index (χ0v) is 19.4. The van der Waals surface area contributed by atoms with E-state index in [0.29, 0.717) is 12.2 Å². The van der Waals surface area contributed by atoms with Crippen LogP contribution >= 0.6 is 24.8 Å². The number of piperazine rings is 1. The fourth-order valence-electron chi connectivity index (χ4n) is 3.70. The number of halogens is 2. The van der Waals surface area contributed by atoms with Crippen molar-refractivity contribution in [2.45, 2.75) is 26.2 Å². The van der Waals surface area contributed by atoms with Crippen LogP contribution < -0.4 is 0 Å². The number of carbonyl (C=O) groups is 1. The smallest absolute Gasteiger partial charge is 0.338 e. The molecule has 4 nitrogen and oxygen atoms in total. The van der Waals surface area contributed by atoms with E-state index in [0.717, 1.165) is 39.1 Å². The zero-order chi connectivity index (χ0) is 19.6. The quantitative estimate of drug-likeness (QED) is 0.524. The molecule has 1 saturated heterocycles. The van der Waals surface area contributed by atoms with Gasteiger partial charge in [0.2, 0.25) is 0 Å². The molecule has 1 aliphatic heterocycles. The van der Waals surface area contributed by atoms with Crippen LogP contribution in [0.2, 0.25) is 0 Å². The highest BCUT2D eigenvalue weighted by atomic mass is 35.5. The van der Waals surface area contributed by atoms with E-state index in [1.807, 2.05) is 31.2 Å². The highest BCUT2D eigenvalue weighted by Crippen LogP contribution is 2.10. The Morgan fingerprint density at radius 1 is 0.800 bits per heavy atom. The van der Waals surface area contributed by atoms with Gasteiger partial charge in [0.25, 0.3) is 0 Å². The van der Waals surface area contributed by atoms with Crippen molar-refractivity contribution in [3.63, 3.8) is 0 Å². The fourth-order valence-corrected chi connectivity index (χ4v) is 3.70. The van der Waals surface area contributed by atoms with Crippen molar-refractivity contribution in [1.29, 1.82) is 0 Å². The van der Waals surface area contributed by atoms with Crippen LogP contribution in [0.1, 0.15) is 34.8 Å². The van der Waals surface area contributed by atoms with Crippen LogP contribution in [-0.2, 0) is 17.6 Å². The molecule has 0 saturated carbocycles. The SMILES string of the molecule is CCOC(=O)c1ccc(CCN2CCN(CCCc3ccccc3)CC2)cc1.Cl.Cl. The summed E-state index contributed by atoms with van der Waals surface area (Å²) in [7, 11) is 0. The molecule has 0 atom stereocenters.